The van der Waals surface area contributed by atoms with Crippen LogP contribution in [-0.2, 0) is 0 Å². The Morgan fingerprint density at radius 1 is 1.43 bits per heavy atom. The number of fused-ring (bicyclic) bond motifs is 1. The molecule has 2 aromatic rings. The first-order valence-corrected chi connectivity index (χ1v) is 8.89. The summed E-state index contributed by atoms with van der Waals surface area (Å²) in [5.74, 6) is 0.0191. The minimum absolute atomic E-state index is 0.0191. The molecule has 0 radical (unpaired) electrons. The highest BCUT2D eigenvalue weighted by Crippen LogP contribution is 2.25. The fourth-order valence-electron chi connectivity index (χ4n) is 3.49. The van der Waals surface area contributed by atoms with Gasteiger partial charge < -0.3 is 10.0 Å². The van der Waals surface area contributed by atoms with Gasteiger partial charge in [0.25, 0.3) is 5.91 Å². The minimum atomic E-state index is 0.0191. The van der Waals surface area contributed by atoms with E-state index >= 15 is 0 Å². The number of carbonyl (C=O) groups excluding carboxylic acids is 1. The number of aliphatic hydroxyl groups excluding tert-OH is 1. The molecule has 0 aliphatic carbocycles. The molecule has 1 saturated heterocycles. The van der Waals surface area contributed by atoms with Gasteiger partial charge in [-0.2, -0.15) is 0 Å². The quantitative estimate of drug-likeness (QED) is 0.891. The summed E-state index contributed by atoms with van der Waals surface area (Å²) in [5, 5.41) is 9.29. The molecule has 3 heterocycles. The molecule has 1 fully saturated rings. The predicted octanol–water partition coefficient (Wildman–Crippen LogP) is 3.09. The Morgan fingerprint density at radius 2 is 2.22 bits per heavy atom. The molecule has 5 nitrogen and oxygen atoms in total. The summed E-state index contributed by atoms with van der Waals surface area (Å²) in [6.45, 7) is 4.75. The van der Waals surface area contributed by atoms with E-state index in [4.69, 9.17) is 0 Å². The Morgan fingerprint density at radius 3 is 2.96 bits per heavy atom. The van der Waals surface area contributed by atoms with Gasteiger partial charge in [0.2, 0.25) is 0 Å². The lowest BCUT2D eigenvalue weighted by molar-refractivity contribution is 0.0567. The van der Waals surface area contributed by atoms with Gasteiger partial charge in [-0.05, 0) is 67.1 Å². The van der Waals surface area contributed by atoms with E-state index in [2.05, 4.69) is 20.9 Å². The molecular weight excluding hydrogens is 358 g/mol. The number of pyridine rings is 1. The Balaban J connectivity index is 2.05. The zero-order chi connectivity index (χ0) is 16.6. The van der Waals surface area contributed by atoms with E-state index in [0.717, 1.165) is 47.2 Å². The summed E-state index contributed by atoms with van der Waals surface area (Å²) in [4.78, 5) is 19.7. The lowest BCUT2D eigenvalue weighted by Crippen LogP contribution is -2.44. The van der Waals surface area contributed by atoms with Gasteiger partial charge in [0.05, 0.1) is 5.69 Å². The van der Waals surface area contributed by atoms with Crippen molar-refractivity contribution in [3.05, 3.63) is 33.7 Å². The second kappa shape index (κ2) is 6.61. The van der Waals surface area contributed by atoms with E-state index in [1.165, 1.54) is 0 Å². The second-order valence-electron chi connectivity index (χ2n) is 6.24. The van der Waals surface area contributed by atoms with Crippen LogP contribution in [0.15, 0.2) is 16.7 Å². The SMILES string of the molecule is Cc1nc2c(C)cc(Br)cn2c1C(=O)N1CCCCC1CCO. The number of halogens is 1. The fraction of sp³-hybridized carbons (Fsp3) is 0.529. The molecule has 23 heavy (non-hydrogen) atoms. The van der Waals surface area contributed by atoms with Crippen LogP contribution in [-0.4, -0.2) is 44.5 Å². The molecule has 1 amide bonds. The number of hydrogen-bond donors (Lipinski definition) is 1. The van der Waals surface area contributed by atoms with Crippen molar-refractivity contribution in [3.8, 4) is 0 Å². The molecular formula is C17H22BrN3O2. The Labute approximate surface area is 144 Å². The third-order valence-corrected chi connectivity index (χ3v) is 5.03. The summed E-state index contributed by atoms with van der Waals surface area (Å²) >= 11 is 3.50. The maximum atomic E-state index is 13.2. The van der Waals surface area contributed by atoms with Gasteiger partial charge in [-0.25, -0.2) is 4.98 Å². The summed E-state index contributed by atoms with van der Waals surface area (Å²) in [7, 11) is 0. The Kier molecular flexibility index (Phi) is 4.73. The summed E-state index contributed by atoms with van der Waals surface area (Å²) < 4.78 is 2.82. The van der Waals surface area contributed by atoms with Gasteiger partial charge in [0, 0.05) is 29.9 Å². The van der Waals surface area contributed by atoms with Crippen LogP contribution in [0.5, 0.6) is 0 Å². The zero-order valence-corrected chi connectivity index (χ0v) is 15.1. The predicted molar refractivity (Wildman–Crippen MR) is 92.7 cm³/mol. The van der Waals surface area contributed by atoms with Crippen LogP contribution in [0.25, 0.3) is 5.65 Å². The lowest BCUT2D eigenvalue weighted by Gasteiger charge is -2.35. The highest BCUT2D eigenvalue weighted by Gasteiger charge is 2.30. The van der Waals surface area contributed by atoms with Crippen LogP contribution in [0.4, 0.5) is 0 Å². The van der Waals surface area contributed by atoms with Crippen molar-refractivity contribution in [2.45, 2.75) is 45.6 Å². The number of piperidine rings is 1. The van der Waals surface area contributed by atoms with Crippen molar-refractivity contribution in [1.82, 2.24) is 14.3 Å². The highest BCUT2D eigenvalue weighted by molar-refractivity contribution is 9.10. The van der Waals surface area contributed by atoms with Crippen molar-refractivity contribution >= 4 is 27.5 Å². The number of likely N-dealkylation sites (tertiary alicyclic amines) is 1. The smallest absolute Gasteiger partial charge is 0.273 e. The van der Waals surface area contributed by atoms with E-state index < -0.39 is 0 Å². The van der Waals surface area contributed by atoms with E-state index in [9.17, 15) is 9.90 Å². The van der Waals surface area contributed by atoms with E-state index in [1.54, 1.807) is 0 Å². The maximum absolute atomic E-state index is 13.2. The molecule has 1 aliphatic heterocycles. The molecule has 1 unspecified atom stereocenters. The monoisotopic (exact) mass is 379 g/mol. The molecule has 1 aliphatic rings. The van der Waals surface area contributed by atoms with Crippen LogP contribution in [0.3, 0.4) is 0 Å². The third kappa shape index (κ3) is 3.02. The molecule has 3 rings (SSSR count). The van der Waals surface area contributed by atoms with Gasteiger partial charge in [-0.3, -0.25) is 9.20 Å². The zero-order valence-electron chi connectivity index (χ0n) is 13.5. The van der Waals surface area contributed by atoms with Crippen LogP contribution in [0, 0.1) is 13.8 Å². The number of aryl methyl sites for hydroxylation is 2. The number of hydrogen-bond acceptors (Lipinski definition) is 3. The number of carbonyl (C=O) groups is 1. The number of aromatic nitrogens is 2. The highest BCUT2D eigenvalue weighted by atomic mass is 79.9. The Hall–Kier alpha value is -1.40. The molecule has 0 spiro atoms. The summed E-state index contributed by atoms with van der Waals surface area (Å²) in [6.07, 6.45) is 5.65. The van der Waals surface area contributed by atoms with Gasteiger partial charge >= 0.3 is 0 Å². The largest absolute Gasteiger partial charge is 0.396 e. The molecule has 1 atom stereocenters. The van der Waals surface area contributed by atoms with Crippen LogP contribution in [0.1, 0.15) is 47.4 Å². The van der Waals surface area contributed by atoms with Crippen molar-refractivity contribution in [2.75, 3.05) is 13.2 Å². The van der Waals surface area contributed by atoms with Gasteiger partial charge in [0.1, 0.15) is 11.3 Å². The first-order valence-electron chi connectivity index (χ1n) is 8.09. The lowest BCUT2D eigenvalue weighted by atomic mass is 9.99. The number of amides is 1. The van der Waals surface area contributed by atoms with Crippen molar-refractivity contribution in [3.63, 3.8) is 0 Å². The summed E-state index contributed by atoms with van der Waals surface area (Å²) in [5.41, 5.74) is 3.25. The summed E-state index contributed by atoms with van der Waals surface area (Å²) in [6, 6.07) is 2.13. The van der Waals surface area contributed by atoms with Gasteiger partial charge in [-0.1, -0.05) is 0 Å². The first kappa shape index (κ1) is 16.5. The number of nitrogens with zero attached hydrogens (tertiary/aromatic N) is 3. The van der Waals surface area contributed by atoms with E-state index in [0.29, 0.717) is 12.1 Å². The number of imidazole rings is 1. The van der Waals surface area contributed by atoms with Crippen molar-refractivity contribution in [1.29, 1.82) is 0 Å². The minimum Gasteiger partial charge on any atom is -0.396 e. The normalized spacial score (nSPS) is 18.6. The number of rotatable bonds is 3. The van der Waals surface area contributed by atoms with Crippen molar-refractivity contribution < 1.29 is 9.90 Å². The topological polar surface area (TPSA) is 57.8 Å². The number of aliphatic hydroxyl groups is 1. The first-order chi connectivity index (χ1) is 11.0. The fourth-order valence-corrected chi connectivity index (χ4v) is 4.04. The molecule has 0 aromatic carbocycles. The Bertz CT molecular complexity index is 739. The van der Waals surface area contributed by atoms with Gasteiger partial charge in [0.15, 0.2) is 0 Å². The third-order valence-electron chi connectivity index (χ3n) is 4.60. The molecule has 6 heteroatoms. The van der Waals surface area contributed by atoms with Crippen molar-refractivity contribution in [2.24, 2.45) is 0 Å². The molecule has 0 bridgehead atoms. The van der Waals surface area contributed by atoms with Crippen LogP contribution in [0.2, 0.25) is 0 Å². The molecule has 124 valence electrons. The van der Waals surface area contributed by atoms with Gasteiger partial charge in [-0.15, -0.1) is 0 Å². The van der Waals surface area contributed by atoms with E-state index in [-0.39, 0.29) is 18.6 Å². The molecule has 0 saturated carbocycles. The standard InChI is InChI=1S/C17H22BrN3O2/c1-11-9-13(18)10-21-15(12(2)19-16(11)21)17(23)20-7-4-3-5-14(20)6-8-22/h9-10,14,22H,3-8H2,1-2H3. The van der Waals surface area contributed by atoms with E-state index in [1.807, 2.05) is 35.4 Å². The average Bonchev–Trinajstić information content (AvgIpc) is 2.84. The maximum Gasteiger partial charge on any atom is 0.273 e. The average molecular weight is 380 g/mol. The van der Waals surface area contributed by atoms with Crippen LogP contribution >= 0.6 is 15.9 Å². The molecule has 1 N–H and O–H groups in total. The molecule has 2 aromatic heterocycles. The second-order valence-corrected chi connectivity index (χ2v) is 7.16. The van der Waals surface area contributed by atoms with Crippen LogP contribution < -0.4 is 0 Å².